The van der Waals surface area contributed by atoms with Crippen LogP contribution in [0.1, 0.15) is 32.8 Å². The maximum absolute atomic E-state index is 12.5. The van der Waals surface area contributed by atoms with Gasteiger partial charge >= 0.3 is 0 Å². The number of amides is 2. The molecule has 27 heavy (non-hydrogen) atoms. The monoisotopic (exact) mass is 366 g/mol. The quantitative estimate of drug-likeness (QED) is 0.762. The minimum atomic E-state index is -0.328. The highest BCUT2D eigenvalue weighted by Crippen LogP contribution is 2.29. The van der Waals surface area contributed by atoms with Crippen LogP contribution in [0.4, 0.5) is 5.69 Å². The van der Waals surface area contributed by atoms with Crippen molar-refractivity contribution in [3.63, 3.8) is 0 Å². The van der Waals surface area contributed by atoms with E-state index in [-0.39, 0.29) is 17.7 Å². The van der Waals surface area contributed by atoms with Crippen LogP contribution in [-0.4, -0.2) is 18.9 Å². The topological polar surface area (TPSA) is 79.6 Å². The Kier molecular flexibility index (Phi) is 6.56. The van der Waals surface area contributed by atoms with E-state index < -0.39 is 0 Å². The molecule has 0 heterocycles. The van der Waals surface area contributed by atoms with E-state index >= 15 is 0 Å². The van der Waals surface area contributed by atoms with E-state index in [9.17, 15) is 9.59 Å². The Morgan fingerprint density at radius 2 is 1.78 bits per heavy atom. The van der Waals surface area contributed by atoms with Gasteiger partial charge in [0.15, 0.2) is 0 Å². The highest BCUT2D eigenvalue weighted by atomic mass is 16.5. The summed E-state index contributed by atoms with van der Waals surface area (Å²) < 4.78 is 10.9. The molecule has 0 aliphatic rings. The number of hydrogen-bond donors (Lipinski definition) is 0. The molecule has 0 saturated heterocycles. The van der Waals surface area contributed by atoms with Crippen LogP contribution >= 0.6 is 0 Å². The van der Waals surface area contributed by atoms with E-state index in [1.54, 1.807) is 49.4 Å². The SMILES string of the molecule is CC[C@@H](C)C(=O)N(C(C)=O)c1ccc(Oc2ccc(C#N)c(OC)c2)cc1. The number of nitriles is 1. The summed E-state index contributed by atoms with van der Waals surface area (Å²) in [6, 6.07) is 13.6. The molecule has 0 spiro atoms. The number of methoxy groups -OCH3 is 1. The van der Waals surface area contributed by atoms with E-state index in [0.29, 0.717) is 34.9 Å². The zero-order valence-electron chi connectivity index (χ0n) is 15.9. The van der Waals surface area contributed by atoms with Crippen molar-refractivity contribution in [3.8, 4) is 23.3 Å². The summed E-state index contributed by atoms with van der Waals surface area (Å²) >= 11 is 0. The predicted octanol–water partition coefficient (Wildman–Crippen LogP) is 4.28. The molecule has 0 fully saturated rings. The van der Waals surface area contributed by atoms with E-state index in [1.165, 1.54) is 18.9 Å². The Bertz CT molecular complexity index is 869. The van der Waals surface area contributed by atoms with Crippen LogP contribution in [0.5, 0.6) is 17.2 Å². The fourth-order valence-electron chi connectivity index (χ4n) is 2.49. The molecular weight excluding hydrogens is 344 g/mol. The van der Waals surface area contributed by atoms with Crippen LogP contribution in [0.3, 0.4) is 0 Å². The first-order valence-electron chi connectivity index (χ1n) is 8.61. The summed E-state index contributed by atoms with van der Waals surface area (Å²) in [6.07, 6.45) is 0.657. The van der Waals surface area contributed by atoms with Crippen molar-refractivity contribution in [2.75, 3.05) is 12.0 Å². The second-order valence-electron chi connectivity index (χ2n) is 6.07. The van der Waals surface area contributed by atoms with Gasteiger partial charge in [0, 0.05) is 18.9 Å². The van der Waals surface area contributed by atoms with Crippen molar-refractivity contribution in [1.82, 2.24) is 0 Å². The fraction of sp³-hybridized carbons (Fsp3) is 0.286. The summed E-state index contributed by atoms with van der Waals surface area (Å²) in [5.74, 6) is 0.675. The first kappa shape index (κ1) is 20.0. The van der Waals surface area contributed by atoms with Gasteiger partial charge in [-0.05, 0) is 42.8 Å². The molecule has 2 aromatic carbocycles. The van der Waals surface area contributed by atoms with Gasteiger partial charge in [0.1, 0.15) is 23.3 Å². The maximum atomic E-state index is 12.5. The van der Waals surface area contributed by atoms with Crippen LogP contribution in [0.15, 0.2) is 42.5 Å². The van der Waals surface area contributed by atoms with Crippen molar-refractivity contribution >= 4 is 17.5 Å². The average molecular weight is 366 g/mol. The number of nitrogens with zero attached hydrogens (tertiary/aromatic N) is 2. The Morgan fingerprint density at radius 3 is 2.30 bits per heavy atom. The van der Waals surface area contributed by atoms with Gasteiger partial charge < -0.3 is 9.47 Å². The number of imide groups is 1. The number of carbonyl (C=O) groups is 2. The lowest BCUT2D eigenvalue weighted by atomic mass is 10.1. The molecule has 0 radical (unpaired) electrons. The lowest BCUT2D eigenvalue weighted by Gasteiger charge is -2.22. The minimum absolute atomic E-state index is 0.226. The molecule has 140 valence electrons. The Balaban J connectivity index is 2.23. The largest absolute Gasteiger partial charge is 0.495 e. The molecule has 6 heteroatoms. The lowest BCUT2D eigenvalue weighted by molar-refractivity contribution is -0.127. The van der Waals surface area contributed by atoms with E-state index in [0.717, 1.165) is 0 Å². The third-order valence-corrected chi connectivity index (χ3v) is 4.19. The zero-order chi connectivity index (χ0) is 20.0. The molecule has 0 aromatic heterocycles. The van der Waals surface area contributed by atoms with Gasteiger partial charge in [-0.25, -0.2) is 0 Å². The second-order valence-corrected chi connectivity index (χ2v) is 6.07. The van der Waals surface area contributed by atoms with E-state index in [4.69, 9.17) is 14.7 Å². The summed E-state index contributed by atoms with van der Waals surface area (Å²) in [4.78, 5) is 25.6. The molecule has 2 amide bonds. The fourth-order valence-corrected chi connectivity index (χ4v) is 2.49. The van der Waals surface area contributed by atoms with E-state index in [2.05, 4.69) is 0 Å². The van der Waals surface area contributed by atoms with Crippen LogP contribution in [0.25, 0.3) is 0 Å². The standard InChI is InChI=1S/C21H22N2O4/c1-5-14(2)21(25)23(15(3)24)17-7-10-18(11-8-17)27-19-9-6-16(13-22)20(12-19)26-4/h6-12,14H,5H2,1-4H3/t14-/m1/s1. The van der Waals surface area contributed by atoms with Crippen LogP contribution < -0.4 is 14.4 Å². The van der Waals surface area contributed by atoms with Gasteiger partial charge in [0.05, 0.1) is 18.4 Å². The van der Waals surface area contributed by atoms with Gasteiger partial charge in [0.25, 0.3) is 0 Å². The van der Waals surface area contributed by atoms with Crippen LogP contribution in [0, 0.1) is 17.2 Å². The molecule has 1 atom stereocenters. The number of rotatable bonds is 6. The first-order valence-corrected chi connectivity index (χ1v) is 8.61. The van der Waals surface area contributed by atoms with Crippen LogP contribution in [-0.2, 0) is 9.59 Å². The second kappa shape index (κ2) is 8.86. The summed E-state index contributed by atoms with van der Waals surface area (Å²) in [6.45, 7) is 5.07. The lowest BCUT2D eigenvalue weighted by Crippen LogP contribution is -2.38. The number of ether oxygens (including phenoxy) is 2. The van der Waals surface area contributed by atoms with Gasteiger partial charge in [-0.1, -0.05) is 13.8 Å². The normalized spacial score (nSPS) is 11.2. The molecule has 0 N–H and O–H groups in total. The molecule has 0 aliphatic heterocycles. The average Bonchev–Trinajstić information content (AvgIpc) is 2.68. The van der Waals surface area contributed by atoms with Gasteiger partial charge in [-0.3, -0.25) is 14.5 Å². The highest BCUT2D eigenvalue weighted by Gasteiger charge is 2.24. The Labute approximate surface area is 158 Å². The third kappa shape index (κ3) is 4.64. The number of hydrogen-bond acceptors (Lipinski definition) is 5. The van der Waals surface area contributed by atoms with Crippen molar-refractivity contribution < 1.29 is 19.1 Å². The molecule has 0 bridgehead atoms. The summed E-state index contributed by atoms with van der Waals surface area (Å²) in [5.41, 5.74) is 0.915. The molecular formula is C21H22N2O4. The molecule has 6 nitrogen and oxygen atoms in total. The first-order chi connectivity index (χ1) is 12.9. The molecule has 0 unspecified atom stereocenters. The molecule has 2 aromatic rings. The van der Waals surface area contributed by atoms with Gasteiger partial charge in [0.2, 0.25) is 11.8 Å². The summed E-state index contributed by atoms with van der Waals surface area (Å²) in [5, 5.41) is 9.03. The number of anilines is 1. The molecule has 0 aliphatic carbocycles. The third-order valence-electron chi connectivity index (χ3n) is 4.19. The van der Waals surface area contributed by atoms with Crippen molar-refractivity contribution in [2.24, 2.45) is 5.92 Å². The smallest absolute Gasteiger partial charge is 0.236 e. The zero-order valence-corrected chi connectivity index (χ0v) is 15.9. The minimum Gasteiger partial charge on any atom is -0.495 e. The number of benzene rings is 2. The molecule has 0 saturated carbocycles. The highest BCUT2D eigenvalue weighted by molar-refractivity contribution is 6.14. The van der Waals surface area contributed by atoms with Crippen molar-refractivity contribution in [1.29, 1.82) is 5.26 Å². The van der Waals surface area contributed by atoms with Gasteiger partial charge in [-0.15, -0.1) is 0 Å². The molecule has 2 rings (SSSR count). The maximum Gasteiger partial charge on any atom is 0.236 e. The van der Waals surface area contributed by atoms with Crippen LogP contribution in [0.2, 0.25) is 0 Å². The van der Waals surface area contributed by atoms with Crippen molar-refractivity contribution in [3.05, 3.63) is 48.0 Å². The Hall–Kier alpha value is -3.33. The van der Waals surface area contributed by atoms with E-state index in [1.807, 2.05) is 13.0 Å². The van der Waals surface area contributed by atoms with Gasteiger partial charge in [-0.2, -0.15) is 5.26 Å². The van der Waals surface area contributed by atoms with Crippen molar-refractivity contribution in [2.45, 2.75) is 27.2 Å². The Morgan fingerprint density at radius 1 is 1.15 bits per heavy atom. The number of carbonyl (C=O) groups excluding carboxylic acids is 2. The summed E-state index contributed by atoms with van der Waals surface area (Å²) in [7, 11) is 1.49. The predicted molar refractivity (Wildman–Crippen MR) is 102 cm³/mol.